The van der Waals surface area contributed by atoms with Crippen LogP contribution in [-0.4, -0.2) is 68.8 Å². The van der Waals surface area contributed by atoms with Crippen LogP contribution in [0.2, 0.25) is 0 Å². The van der Waals surface area contributed by atoms with E-state index in [0.717, 1.165) is 45.8 Å². The molecule has 0 spiro atoms. The Morgan fingerprint density at radius 1 is 1.21 bits per heavy atom. The van der Waals surface area contributed by atoms with Gasteiger partial charge in [-0.25, -0.2) is 0 Å². The number of carbonyl (C=O) groups excluding carboxylic acids is 1. The summed E-state index contributed by atoms with van der Waals surface area (Å²) in [6.45, 7) is 12.7. The number of esters is 1. The molecule has 0 aromatic heterocycles. The molecule has 0 unspecified atom stereocenters. The number of piperazine rings is 1. The Morgan fingerprint density at radius 3 is 2.50 bits per heavy atom. The molecule has 0 radical (unpaired) electrons. The summed E-state index contributed by atoms with van der Waals surface area (Å²) in [5.41, 5.74) is 1.28. The topological polar surface area (TPSA) is 42.0 Å². The molecule has 0 atom stereocenters. The van der Waals surface area contributed by atoms with Crippen molar-refractivity contribution in [3.05, 3.63) is 23.9 Å². The van der Waals surface area contributed by atoms with Crippen molar-refractivity contribution < 1.29 is 14.3 Å². The molecule has 0 bridgehead atoms. The Kier molecular flexibility index (Phi) is 10.4. The molecule has 5 heteroatoms. The minimum absolute atomic E-state index is 0.131. The van der Waals surface area contributed by atoms with Crippen LogP contribution < -0.4 is 0 Å². The van der Waals surface area contributed by atoms with E-state index >= 15 is 0 Å². The number of hydrogen-bond acceptors (Lipinski definition) is 5. The summed E-state index contributed by atoms with van der Waals surface area (Å²) >= 11 is 0. The van der Waals surface area contributed by atoms with Crippen LogP contribution in [0.5, 0.6) is 0 Å². The van der Waals surface area contributed by atoms with E-state index in [1.807, 2.05) is 0 Å². The van der Waals surface area contributed by atoms with Crippen molar-refractivity contribution in [2.45, 2.75) is 33.6 Å². The van der Waals surface area contributed by atoms with Gasteiger partial charge in [0.1, 0.15) is 0 Å². The smallest absolute Gasteiger partial charge is 0.306 e. The van der Waals surface area contributed by atoms with Crippen LogP contribution in [0.4, 0.5) is 0 Å². The zero-order valence-corrected chi connectivity index (χ0v) is 15.8. The molecule has 138 valence electrons. The lowest BCUT2D eigenvalue weighted by Crippen LogP contribution is -2.46. The Bertz CT molecular complexity index is 411. The van der Waals surface area contributed by atoms with Crippen molar-refractivity contribution in [3.63, 3.8) is 0 Å². The Balaban J connectivity index is 2.38. The first-order chi connectivity index (χ1) is 11.6. The van der Waals surface area contributed by atoms with Crippen molar-refractivity contribution in [3.8, 4) is 0 Å². The van der Waals surface area contributed by atoms with Crippen molar-refractivity contribution in [2.75, 3.05) is 53.0 Å². The molecule has 0 aliphatic carbocycles. The van der Waals surface area contributed by atoms with Crippen molar-refractivity contribution >= 4 is 5.97 Å². The van der Waals surface area contributed by atoms with Crippen LogP contribution in [0, 0.1) is 5.92 Å². The summed E-state index contributed by atoms with van der Waals surface area (Å²) in [6, 6.07) is 0. The molecule has 0 amide bonds. The maximum absolute atomic E-state index is 11.2. The molecule has 24 heavy (non-hydrogen) atoms. The zero-order chi connectivity index (χ0) is 17.8. The number of methoxy groups -OCH3 is 1. The number of carbonyl (C=O) groups is 1. The van der Waals surface area contributed by atoms with Crippen LogP contribution in [0.3, 0.4) is 0 Å². The highest BCUT2D eigenvalue weighted by Gasteiger charge is 2.18. The van der Waals surface area contributed by atoms with Gasteiger partial charge in [0.15, 0.2) is 0 Å². The monoisotopic (exact) mass is 338 g/mol. The van der Waals surface area contributed by atoms with Gasteiger partial charge in [-0.15, -0.1) is 0 Å². The maximum Gasteiger partial charge on any atom is 0.306 e. The van der Waals surface area contributed by atoms with Gasteiger partial charge >= 0.3 is 5.97 Å². The third-order valence-electron chi connectivity index (χ3n) is 3.96. The first-order valence-corrected chi connectivity index (χ1v) is 9.05. The molecular weight excluding hydrogens is 304 g/mol. The Hall–Kier alpha value is -1.33. The average Bonchev–Trinajstić information content (AvgIpc) is 2.58. The van der Waals surface area contributed by atoms with E-state index < -0.39 is 0 Å². The number of allylic oxidation sites excluding steroid dienone is 2. The third kappa shape index (κ3) is 8.50. The van der Waals surface area contributed by atoms with Crippen LogP contribution in [-0.2, 0) is 14.3 Å². The van der Waals surface area contributed by atoms with Gasteiger partial charge in [-0.05, 0) is 18.4 Å². The van der Waals surface area contributed by atoms with E-state index in [1.165, 1.54) is 12.8 Å². The highest BCUT2D eigenvalue weighted by molar-refractivity contribution is 5.69. The second-order valence-electron chi connectivity index (χ2n) is 6.53. The van der Waals surface area contributed by atoms with Gasteiger partial charge in [0.2, 0.25) is 0 Å². The molecular formula is C19H34N2O3. The molecule has 0 saturated carbocycles. The summed E-state index contributed by atoms with van der Waals surface area (Å²) in [5.74, 6) is 0.440. The van der Waals surface area contributed by atoms with E-state index in [-0.39, 0.29) is 5.97 Å². The fourth-order valence-electron chi connectivity index (χ4n) is 2.63. The van der Waals surface area contributed by atoms with E-state index in [2.05, 4.69) is 48.8 Å². The third-order valence-corrected chi connectivity index (χ3v) is 3.96. The van der Waals surface area contributed by atoms with E-state index in [9.17, 15) is 4.79 Å². The van der Waals surface area contributed by atoms with Gasteiger partial charge < -0.3 is 14.4 Å². The first kappa shape index (κ1) is 20.7. The maximum atomic E-state index is 11.2. The van der Waals surface area contributed by atoms with Gasteiger partial charge in [-0.2, -0.15) is 0 Å². The predicted octanol–water partition coefficient (Wildman–Crippen LogP) is 2.69. The fraction of sp³-hybridized carbons (Fsp3) is 0.737. The van der Waals surface area contributed by atoms with Crippen LogP contribution in [0.25, 0.3) is 0 Å². The van der Waals surface area contributed by atoms with Gasteiger partial charge in [0, 0.05) is 45.0 Å². The predicted molar refractivity (Wildman–Crippen MR) is 97.8 cm³/mol. The van der Waals surface area contributed by atoms with Crippen molar-refractivity contribution in [1.82, 2.24) is 9.80 Å². The molecule has 0 aromatic rings. The second-order valence-corrected chi connectivity index (χ2v) is 6.53. The van der Waals surface area contributed by atoms with Crippen LogP contribution in [0.15, 0.2) is 23.9 Å². The molecule has 0 N–H and O–H groups in total. The summed E-state index contributed by atoms with van der Waals surface area (Å²) in [6.07, 6.45) is 8.04. The highest BCUT2D eigenvalue weighted by atomic mass is 16.5. The standard InChI is InChI=1S/C19H34N2O3/c1-5-7-18(8-6-15-24-16-17(2)3)21-13-11-20(12-14-21)10-9-19(22)23-4/h6-8,17H,5,9-16H2,1-4H3. The van der Waals surface area contributed by atoms with E-state index in [4.69, 9.17) is 9.47 Å². The molecule has 5 nitrogen and oxygen atoms in total. The van der Waals surface area contributed by atoms with Gasteiger partial charge in [0.25, 0.3) is 0 Å². The minimum Gasteiger partial charge on any atom is -0.469 e. The van der Waals surface area contributed by atoms with Gasteiger partial charge in [-0.1, -0.05) is 32.9 Å². The first-order valence-electron chi connectivity index (χ1n) is 9.05. The average molecular weight is 338 g/mol. The minimum atomic E-state index is -0.131. The van der Waals surface area contributed by atoms with Gasteiger partial charge in [-0.3, -0.25) is 9.69 Å². The Morgan fingerprint density at radius 2 is 1.92 bits per heavy atom. The number of rotatable bonds is 10. The van der Waals surface area contributed by atoms with Crippen LogP contribution >= 0.6 is 0 Å². The second kappa shape index (κ2) is 12.1. The number of ether oxygens (including phenoxy) is 2. The zero-order valence-electron chi connectivity index (χ0n) is 15.8. The SMILES string of the molecule is CCC=C(C=CCOCC(C)C)N1CCN(CCC(=O)OC)CC1. The largest absolute Gasteiger partial charge is 0.469 e. The lowest BCUT2D eigenvalue weighted by molar-refractivity contribution is -0.141. The molecule has 1 fully saturated rings. The molecule has 1 saturated heterocycles. The van der Waals surface area contributed by atoms with Gasteiger partial charge in [0.05, 0.1) is 20.1 Å². The fourth-order valence-corrected chi connectivity index (χ4v) is 2.63. The Labute approximate surface area is 147 Å². The summed E-state index contributed by atoms with van der Waals surface area (Å²) in [5, 5.41) is 0. The van der Waals surface area contributed by atoms with Crippen molar-refractivity contribution in [2.24, 2.45) is 5.92 Å². The summed E-state index contributed by atoms with van der Waals surface area (Å²) in [4.78, 5) is 16.0. The number of hydrogen-bond donors (Lipinski definition) is 0. The van der Waals surface area contributed by atoms with E-state index in [0.29, 0.717) is 18.9 Å². The lowest BCUT2D eigenvalue weighted by Gasteiger charge is -2.36. The normalized spacial score (nSPS) is 17.0. The van der Waals surface area contributed by atoms with E-state index in [1.54, 1.807) is 0 Å². The molecule has 0 aromatic carbocycles. The number of nitrogens with zero attached hydrogens (tertiary/aromatic N) is 2. The molecule has 1 heterocycles. The van der Waals surface area contributed by atoms with Crippen molar-refractivity contribution in [1.29, 1.82) is 0 Å². The van der Waals surface area contributed by atoms with Crippen LogP contribution in [0.1, 0.15) is 33.6 Å². The summed E-state index contributed by atoms with van der Waals surface area (Å²) in [7, 11) is 1.44. The molecule has 1 rings (SSSR count). The molecule has 1 aliphatic heterocycles. The highest BCUT2D eigenvalue weighted by Crippen LogP contribution is 2.12. The summed E-state index contributed by atoms with van der Waals surface area (Å²) < 4.78 is 10.3. The quantitative estimate of drug-likeness (QED) is 0.348. The lowest BCUT2D eigenvalue weighted by atomic mass is 10.2. The molecule has 1 aliphatic rings.